The fourth-order valence-corrected chi connectivity index (χ4v) is 3.61. The van der Waals surface area contributed by atoms with Crippen LogP contribution in [0.25, 0.3) is 0 Å². The average molecular weight is 365 g/mol. The first-order valence-electron chi connectivity index (χ1n) is 10.0. The Morgan fingerprint density at radius 1 is 1.31 bits per heavy atom. The summed E-state index contributed by atoms with van der Waals surface area (Å²) in [5.74, 6) is 0.816. The number of aromatic nitrogens is 2. The first-order chi connectivity index (χ1) is 12.4. The van der Waals surface area contributed by atoms with E-state index in [-0.39, 0.29) is 12.0 Å². The summed E-state index contributed by atoms with van der Waals surface area (Å²) in [7, 11) is 0. The molecule has 1 aliphatic rings. The molecule has 2 heterocycles. The van der Waals surface area contributed by atoms with Crippen molar-refractivity contribution in [3.05, 3.63) is 17.0 Å². The standard InChI is InChI=1S/C20H36N4O2/c1-15(2)14-24-17(4)19(16(3)22-24)6-7-20(25)23-11-8-18(9-12-23)26-13-5-10-21/h15,18H,5-14,21H2,1-4H3. The van der Waals surface area contributed by atoms with E-state index in [1.54, 1.807) is 0 Å². The molecule has 0 spiro atoms. The van der Waals surface area contributed by atoms with Crippen molar-refractivity contribution in [2.24, 2.45) is 11.7 Å². The van der Waals surface area contributed by atoms with E-state index in [1.165, 1.54) is 11.3 Å². The van der Waals surface area contributed by atoms with Crippen LogP contribution in [0.15, 0.2) is 0 Å². The monoisotopic (exact) mass is 364 g/mol. The second-order valence-electron chi connectivity index (χ2n) is 7.82. The molecule has 1 fully saturated rings. The molecule has 1 aromatic heterocycles. The number of hydrogen-bond donors (Lipinski definition) is 1. The van der Waals surface area contributed by atoms with Gasteiger partial charge in [0.25, 0.3) is 0 Å². The summed E-state index contributed by atoms with van der Waals surface area (Å²) >= 11 is 0. The lowest BCUT2D eigenvalue weighted by Gasteiger charge is -2.32. The van der Waals surface area contributed by atoms with Gasteiger partial charge in [-0.25, -0.2) is 0 Å². The van der Waals surface area contributed by atoms with Gasteiger partial charge >= 0.3 is 0 Å². The topological polar surface area (TPSA) is 73.4 Å². The number of hydrogen-bond acceptors (Lipinski definition) is 4. The van der Waals surface area contributed by atoms with Crippen LogP contribution < -0.4 is 5.73 Å². The van der Waals surface area contributed by atoms with Crippen LogP contribution in [0.2, 0.25) is 0 Å². The molecular weight excluding hydrogens is 328 g/mol. The minimum Gasteiger partial charge on any atom is -0.378 e. The number of nitrogens with two attached hydrogens (primary N) is 1. The highest BCUT2D eigenvalue weighted by atomic mass is 16.5. The Bertz CT molecular complexity index is 575. The minimum atomic E-state index is 0.251. The fourth-order valence-electron chi connectivity index (χ4n) is 3.61. The first kappa shape index (κ1) is 20.9. The number of carbonyl (C=O) groups is 1. The molecule has 0 aromatic carbocycles. The van der Waals surface area contributed by atoms with Crippen LogP contribution in [-0.2, 0) is 22.5 Å². The van der Waals surface area contributed by atoms with Crippen molar-refractivity contribution in [1.29, 1.82) is 0 Å². The summed E-state index contributed by atoms with van der Waals surface area (Å²) in [4.78, 5) is 14.6. The lowest BCUT2D eigenvalue weighted by Crippen LogP contribution is -2.41. The van der Waals surface area contributed by atoms with Crippen molar-refractivity contribution >= 4 is 5.91 Å². The highest BCUT2D eigenvalue weighted by Gasteiger charge is 2.23. The molecule has 1 saturated heterocycles. The van der Waals surface area contributed by atoms with E-state index in [0.717, 1.165) is 57.6 Å². The third kappa shape index (κ3) is 5.81. The third-order valence-corrected chi connectivity index (χ3v) is 5.16. The first-order valence-corrected chi connectivity index (χ1v) is 10.0. The van der Waals surface area contributed by atoms with Crippen LogP contribution in [0.1, 0.15) is 56.5 Å². The molecule has 0 aliphatic carbocycles. The predicted octanol–water partition coefficient (Wildman–Crippen LogP) is 2.44. The van der Waals surface area contributed by atoms with Crippen molar-refractivity contribution in [1.82, 2.24) is 14.7 Å². The van der Waals surface area contributed by atoms with Crippen LogP contribution in [0.4, 0.5) is 0 Å². The molecule has 148 valence electrons. The number of carbonyl (C=O) groups excluding carboxylic acids is 1. The summed E-state index contributed by atoms with van der Waals surface area (Å²) in [6.45, 7) is 12.5. The Kier molecular flexibility index (Phi) is 8.10. The van der Waals surface area contributed by atoms with Gasteiger partial charge in [0, 0.05) is 38.4 Å². The summed E-state index contributed by atoms with van der Waals surface area (Å²) in [6, 6.07) is 0. The van der Waals surface area contributed by atoms with Gasteiger partial charge in [0.05, 0.1) is 11.8 Å². The normalized spacial score (nSPS) is 15.8. The van der Waals surface area contributed by atoms with E-state index < -0.39 is 0 Å². The van der Waals surface area contributed by atoms with Crippen molar-refractivity contribution < 1.29 is 9.53 Å². The van der Waals surface area contributed by atoms with E-state index in [2.05, 4.69) is 30.6 Å². The van der Waals surface area contributed by atoms with Gasteiger partial charge in [-0.2, -0.15) is 5.10 Å². The van der Waals surface area contributed by atoms with Gasteiger partial charge in [-0.05, 0) is 57.6 Å². The average Bonchev–Trinajstić information content (AvgIpc) is 2.86. The number of aryl methyl sites for hydroxylation is 1. The lowest BCUT2D eigenvalue weighted by molar-refractivity contribution is -0.133. The minimum absolute atomic E-state index is 0.251. The quantitative estimate of drug-likeness (QED) is 0.683. The van der Waals surface area contributed by atoms with E-state index >= 15 is 0 Å². The molecule has 0 bridgehead atoms. The maximum Gasteiger partial charge on any atom is 0.222 e. The molecule has 0 radical (unpaired) electrons. The van der Waals surface area contributed by atoms with Gasteiger partial charge in [-0.1, -0.05) is 13.8 Å². The molecule has 6 heteroatoms. The van der Waals surface area contributed by atoms with Crippen molar-refractivity contribution in [3.8, 4) is 0 Å². The number of ether oxygens (including phenoxy) is 1. The van der Waals surface area contributed by atoms with Gasteiger partial charge in [0.15, 0.2) is 0 Å². The summed E-state index contributed by atoms with van der Waals surface area (Å²) in [5.41, 5.74) is 8.99. The van der Waals surface area contributed by atoms with E-state index in [0.29, 0.717) is 18.9 Å². The zero-order valence-corrected chi connectivity index (χ0v) is 17.0. The number of nitrogens with zero attached hydrogens (tertiary/aromatic N) is 3. The number of rotatable bonds is 9. The van der Waals surface area contributed by atoms with Gasteiger partial charge in [0.1, 0.15) is 0 Å². The van der Waals surface area contributed by atoms with Crippen molar-refractivity contribution in [2.45, 2.75) is 72.4 Å². The molecule has 1 aromatic rings. The second kappa shape index (κ2) is 10.1. The van der Waals surface area contributed by atoms with Crippen molar-refractivity contribution in [3.63, 3.8) is 0 Å². The van der Waals surface area contributed by atoms with E-state index in [4.69, 9.17) is 10.5 Å². The van der Waals surface area contributed by atoms with Gasteiger partial charge in [-0.3, -0.25) is 9.48 Å². The molecular formula is C20H36N4O2. The van der Waals surface area contributed by atoms with Gasteiger partial charge in [0.2, 0.25) is 5.91 Å². The fraction of sp³-hybridized carbons (Fsp3) is 0.800. The molecule has 0 atom stereocenters. The lowest BCUT2D eigenvalue weighted by atomic mass is 10.0. The largest absolute Gasteiger partial charge is 0.378 e. The summed E-state index contributed by atoms with van der Waals surface area (Å²) < 4.78 is 7.90. The summed E-state index contributed by atoms with van der Waals surface area (Å²) in [5, 5.41) is 4.65. The SMILES string of the molecule is Cc1nn(CC(C)C)c(C)c1CCC(=O)N1CCC(OCCCN)CC1. The number of amides is 1. The smallest absolute Gasteiger partial charge is 0.222 e. The number of likely N-dealkylation sites (tertiary alicyclic amines) is 1. The molecule has 6 nitrogen and oxygen atoms in total. The van der Waals surface area contributed by atoms with Crippen molar-refractivity contribution in [2.75, 3.05) is 26.2 Å². The Labute approximate surface area is 158 Å². The third-order valence-electron chi connectivity index (χ3n) is 5.16. The Morgan fingerprint density at radius 2 is 2.00 bits per heavy atom. The summed E-state index contributed by atoms with van der Waals surface area (Å²) in [6.07, 6.45) is 4.39. The molecule has 2 N–H and O–H groups in total. The highest BCUT2D eigenvalue weighted by molar-refractivity contribution is 5.76. The number of piperidine rings is 1. The van der Waals surface area contributed by atoms with Gasteiger partial charge in [-0.15, -0.1) is 0 Å². The molecule has 0 saturated carbocycles. The zero-order valence-electron chi connectivity index (χ0n) is 17.0. The van der Waals surface area contributed by atoms with Crippen LogP contribution in [0, 0.1) is 19.8 Å². The van der Waals surface area contributed by atoms with Gasteiger partial charge < -0.3 is 15.4 Å². The van der Waals surface area contributed by atoms with E-state index in [9.17, 15) is 4.79 Å². The van der Waals surface area contributed by atoms with Crippen LogP contribution in [0.3, 0.4) is 0 Å². The van der Waals surface area contributed by atoms with Crippen LogP contribution >= 0.6 is 0 Å². The molecule has 1 aliphatic heterocycles. The Hall–Kier alpha value is -1.40. The molecule has 2 rings (SSSR count). The van der Waals surface area contributed by atoms with E-state index in [1.807, 2.05) is 11.8 Å². The molecule has 1 amide bonds. The maximum absolute atomic E-state index is 12.6. The highest BCUT2D eigenvalue weighted by Crippen LogP contribution is 2.19. The molecule has 0 unspecified atom stereocenters. The zero-order chi connectivity index (χ0) is 19.1. The Balaban J connectivity index is 1.80. The predicted molar refractivity (Wildman–Crippen MR) is 104 cm³/mol. The van der Waals surface area contributed by atoms with Crippen LogP contribution in [-0.4, -0.2) is 52.9 Å². The second-order valence-corrected chi connectivity index (χ2v) is 7.82. The maximum atomic E-state index is 12.6. The molecule has 26 heavy (non-hydrogen) atoms. The van der Waals surface area contributed by atoms with Crippen LogP contribution in [0.5, 0.6) is 0 Å². The Morgan fingerprint density at radius 3 is 2.62 bits per heavy atom.